The van der Waals surface area contributed by atoms with E-state index in [9.17, 15) is 0 Å². The summed E-state index contributed by atoms with van der Waals surface area (Å²) in [6, 6.07) is 8.89. The third-order valence-corrected chi connectivity index (χ3v) is 3.69. The summed E-state index contributed by atoms with van der Waals surface area (Å²) in [5.74, 6) is 0. The van der Waals surface area contributed by atoms with Crippen LogP contribution < -0.4 is 5.73 Å². The van der Waals surface area contributed by atoms with Gasteiger partial charge in [0.1, 0.15) is 0 Å². The molecule has 2 rings (SSSR count). The zero-order valence-electron chi connectivity index (χ0n) is 10.7. The second-order valence-corrected chi connectivity index (χ2v) is 4.96. The number of hydrogen-bond donors (Lipinski definition) is 1. The molecule has 0 saturated heterocycles. The van der Waals surface area contributed by atoms with Gasteiger partial charge in [0.15, 0.2) is 0 Å². The molecular formula is C15H24N2. The fourth-order valence-electron chi connectivity index (χ4n) is 2.59. The molecule has 1 aliphatic rings. The van der Waals surface area contributed by atoms with Crippen molar-refractivity contribution in [2.75, 3.05) is 26.2 Å². The van der Waals surface area contributed by atoms with Crippen LogP contribution in [0.4, 0.5) is 0 Å². The SMILES string of the molecule is NCCCCCN1CCc2ccccc2CC1. The van der Waals surface area contributed by atoms with Gasteiger partial charge in [-0.15, -0.1) is 0 Å². The van der Waals surface area contributed by atoms with Gasteiger partial charge < -0.3 is 10.6 Å². The van der Waals surface area contributed by atoms with Crippen LogP contribution >= 0.6 is 0 Å². The maximum absolute atomic E-state index is 5.52. The number of hydrogen-bond acceptors (Lipinski definition) is 2. The van der Waals surface area contributed by atoms with Crippen molar-refractivity contribution in [2.45, 2.75) is 32.1 Å². The molecule has 17 heavy (non-hydrogen) atoms. The van der Waals surface area contributed by atoms with E-state index < -0.39 is 0 Å². The summed E-state index contributed by atoms with van der Waals surface area (Å²) in [5.41, 5.74) is 8.62. The molecule has 1 aliphatic heterocycles. The van der Waals surface area contributed by atoms with Gasteiger partial charge in [-0.1, -0.05) is 30.7 Å². The third-order valence-electron chi connectivity index (χ3n) is 3.69. The Bertz CT molecular complexity index is 308. The number of nitrogens with zero attached hydrogens (tertiary/aromatic N) is 1. The number of unbranched alkanes of at least 4 members (excludes halogenated alkanes) is 2. The Morgan fingerprint density at radius 3 is 2.18 bits per heavy atom. The normalized spacial score (nSPS) is 16.5. The van der Waals surface area contributed by atoms with Crippen LogP contribution in [0.15, 0.2) is 24.3 Å². The summed E-state index contributed by atoms with van der Waals surface area (Å²) in [6.07, 6.45) is 6.18. The highest BCUT2D eigenvalue weighted by Gasteiger charge is 2.12. The largest absolute Gasteiger partial charge is 0.330 e. The predicted octanol–water partition coefficient (Wildman–Crippen LogP) is 2.22. The standard InChI is InChI=1S/C15H24N2/c16-10-4-1-5-11-17-12-8-14-6-2-3-7-15(14)9-13-17/h2-3,6-7H,1,4-5,8-13,16H2. The molecule has 0 aromatic heterocycles. The van der Waals surface area contributed by atoms with E-state index in [-0.39, 0.29) is 0 Å². The van der Waals surface area contributed by atoms with Crippen molar-refractivity contribution in [3.05, 3.63) is 35.4 Å². The molecule has 0 unspecified atom stereocenters. The average Bonchev–Trinajstić information content (AvgIpc) is 2.58. The van der Waals surface area contributed by atoms with Crippen molar-refractivity contribution in [3.63, 3.8) is 0 Å². The highest BCUT2D eigenvalue weighted by atomic mass is 15.1. The Hall–Kier alpha value is -0.860. The lowest BCUT2D eigenvalue weighted by Crippen LogP contribution is -2.27. The van der Waals surface area contributed by atoms with Gasteiger partial charge in [-0.3, -0.25) is 0 Å². The fraction of sp³-hybridized carbons (Fsp3) is 0.600. The molecule has 0 amide bonds. The maximum atomic E-state index is 5.52. The highest BCUT2D eigenvalue weighted by molar-refractivity contribution is 5.28. The van der Waals surface area contributed by atoms with Crippen molar-refractivity contribution in [2.24, 2.45) is 5.73 Å². The van der Waals surface area contributed by atoms with Crippen LogP contribution in [0.5, 0.6) is 0 Å². The van der Waals surface area contributed by atoms with Crippen LogP contribution in [-0.2, 0) is 12.8 Å². The molecule has 1 aromatic rings. The first kappa shape index (κ1) is 12.6. The van der Waals surface area contributed by atoms with Gasteiger partial charge in [-0.25, -0.2) is 0 Å². The lowest BCUT2D eigenvalue weighted by atomic mass is 10.0. The minimum Gasteiger partial charge on any atom is -0.330 e. The highest BCUT2D eigenvalue weighted by Crippen LogP contribution is 2.15. The van der Waals surface area contributed by atoms with E-state index in [4.69, 9.17) is 5.73 Å². The number of benzene rings is 1. The predicted molar refractivity (Wildman–Crippen MR) is 73.2 cm³/mol. The summed E-state index contributed by atoms with van der Waals surface area (Å²) >= 11 is 0. The van der Waals surface area contributed by atoms with Crippen LogP contribution in [0.3, 0.4) is 0 Å². The van der Waals surface area contributed by atoms with Crippen molar-refractivity contribution in [1.29, 1.82) is 0 Å². The Labute approximate surface area is 105 Å². The first-order valence-electron chi connectivity index (χ1n) is 6.89. The summed E-state index contributed by atoms with van der Waals surface area (Å²) < 4.78 is 0. The molecular weight excluding hydrogens is 208 g/mol. The van der Waals surface area contributed by atoms with Crippen LogP contribution in [0, 0.1) is 0 Å². The molecule has 0 saturated carbocycles. The molecule has 1 heterocycles. The van der Waals surface area contributed by atoms with Gasteiger partial charge in [0.25, 0.3) is 0 Å². The molecule has 0 spiro atoms. The minimum absolute atomic E-state index is 0.839. The molecule has 0 bridgehead atoms. The first-order chi connectivity index (χ1) is 8.40. The van der Waals surface area contributed by atoms with Gasteiger partial charge in [0, 0.05) is 13.1 Å². The van der Waals surface area contributed by atoms with E-state index in [1.54, 1.807) is 11.1 Å². The smallest absolute Gasteiger partial charge is 0.00221 e. The van der Waals surface area contributed by atoms with E-state index in [0.29, 0.717) is 0 Å². The monoisotopic (exact) mass is 232 g/mol. The van der Waals surface area contributed by atoms with E-state index in [1.165, 1.54) is 51.7 Å². The van der Waals surface area contributed by atoms with Crippen molar-refractivity contribution in [3.8, 4) is 0 Å². The van der Waals surface area contributed by atoms with Crippen molar-refractivity contribution >= 4 is 0 Å². The zero-order chi connectivity index (χ0) is 11.9. The lowest BCUT2D eigenvalue weighted by Gasteiger charge is -2.19. The van der Waals surface area contributed by atoms with Crippen molar-refractivity contribution < 1.29 is 0 Å². The molecule has 0 radical (unpaired) electrons. The summed E-state index contributed by atoms with van der Waals surface area (Å²) in [7, 11) is 0. The van der Waals surface area contributed by atoms with Gasteiger partial charge >= 0.3 is 0 Å². The van der Waals surface area contributed by atoms with E-state index in [2.05, 4.69) is 29.2 Å². The molecule has 94 valence electrons. The molecule has 0 aliphatic carbocycles. The molecule has 0 fully saturated rings. The van der Waals surface area contributed by atoms with Crippen LogP contribution in [0.25, 0.3) is 0 Å². The van der Waals surface area contributed by atoms with Gasteiger partial charge in [0.2, 0.25) is 0 Å². The Morgan fingerprint density at radius 1 is 0.941 bits per heavy atom. The van der Waals surface area contributed by atoms with E-state index in [1.807, 2.05) is 0 Å². The average molecular weight is 232 g/mol. The maximum Gasteiger partial charge on any atom is 0.00221 e. The zero-order valence-corrected chi connectivity index (χ0v) is 10.7. The lowest BCUT2D eigenvalue weighted by molar-refractivity contribution is 0.280. The molecule has 2 heteroatoms. The number of nitrogens with two attached hydrogens (primary N) is 1. The van der Waals surface area contributed by atoms with Crippen LogP contribution in [0.1, 0.15) is 30.4 Å². The summed E-state index contributed by atoms with van der Waals surface area (Å²) in [6.45, 7) is 4.53. The molecule has 1 aromatic carbocycles. The minimum atomic E-state index is 0.839. The fourth-order valence-corrected chi connectivity index (χ4v) is 2.59. The van der Waals surface area contributed by atoms with Crippen LogP contribution in [0.2, 0.25) is 0 Å². The molecule has 2 N–H and O–H groups in total. The second kappa shape index (κ2) is 6.77. The van der Waals surface area contributed by atoms with Gasteiger partial charge in [-0.2, -0.15) is 0 Å². The number of fused-ring (bicyclic) bond motifs is 1. The topological polar surface area (TPSA) is 29.3 Å². The summed E-state index contributed by atoms with van der Waals surface area (Å²) in [4.78, 5) is 2.61. The van der Waals surface area contributed by atoms with Gasteiger partial charge in [-0.05, 0) is 49.9 Å². The number of rotatable bonds is 5. The Morgan fingerprint density at radius 2 is 1.59 bits per heavy atom. The summed E-state index contributed by atoms with van der Waals surface area (Å²) in [5, 5.41) is 0. The third kappa shape index (κ3) is 3.83. The van der Waals surface area contributed by atoms with Crippen LogP contribution in [-0.4, -0.2) is 31.1 Å². The van der Waals surface area contributed by atoms with E-state index >= 15 is 0 Å². The Kier molecular flexibility index (Phi) is 5.02. The van der Waals surface area contributed by atoms with E-state index in [0.717, 1.165) is 6.54 Å². The first-order valence-corrected chi connectivity index (χ1v) is 6.89. The Balaban J connectivity index is 1.78. The molecule has 0 atom stereocenters. The van der Waals surface area contributed by atoms with Gasteiger partial charge in [0.05, 0.1) is 0 Å². The molecule has 2 nitrogen and oxygen atoms in total. The quantitative estimate of drug-likeness (QED) is 0.789. The van der Waals surface area contributed by atoms with Crippen molar-refractivity contribution in [1.82, 2.24) is 4.90 Å². The second-order valence-electron chi connectivity index (χ2n) is 4.96.